The maximum Gasteiger partial charge on any atom is 0.263 e. The Morgan fingerprint density at radius 3 is 2.67 bits per heavy atom. The molecule has 164 valence electrons. The number of halogens is 1. The zero-order valence-electron chi connectivity index (χ0n) is 17.6. The third-order valence-corrected chi connectivity index (χ3v) is 5.82. The molecule has 9 heteroatoms. The predicted molar refractivity (Wildman–Crippen MR) is 128 cm³/mol. The van der Waals surface area contributed by atoms with Crippen molar-refractivity contribution in [1.29, 1.82) is 0 Å². The van der Waals surface area contributed by atoms with Gasteiger partial charge in [-0.2, -0.15) is 0 Å². The molecule has 0 bridgehead atoms. The van der Waals surface area contributed by atoms with Crippen LogP contribution < -0.4 is 16.6 Å². The molecule has 0 saturated heterocycles. The second-order valence-corrected chi connectivity index (χ2v) is 8.00. The van der Waals surface area contributed by atoms with Crippen molar-refractivity contribution in [3.63, 3.8) is 0 Å². The van der Waals surface area contributed by atoms with Gasteiger partial charge in [0.2, 0.25) is 0 Å². The molecule has 1 atom stereocenters. The zero-order chi connectivity index (χ0) is 23.1. The van der Waals surface area contributed by atoms with Gasteiger partial charge in [0.15, 0.2) is 11.5 Å². The van der Waals surface area contributed by atoms with E-state index < -0.39 is 11.9 Å². The summed E-state index contributed by atoms with van der Waals surface area (Å²) in [6.07, 6.45) is 3.23. The molecule has 2 aromatic carbocycles. The van der Waals surface area contributed by atoms with E-state index in [-0.39, 0.29) is 16.9 Å². The van der Waals surface area contributed by atoms with Gasteiger partial charge in [-0.3, -0.25) is 14.2 Å². The third kappa shape index (κ3) is 3.50. The zero-order valence-corrected chi connectivity index (χ0v) is 18.3. The van der Waals surface area contributed by atoms with E-state index in [0.29, 0.717) is 32.8 Å². The number of anilines is 1. The molecule has 3 N–H and O–H groups in total. The van der Waals surface area contributed by atoms with Crippen LogP contribution in [0.3, 0.4) is 0 Å². The normalized spacial score (nSPS) is 12.2. The van der Waals surface area contributed by atoms with Gasteiger partial charge in [0.05, 0.1) is 6.04 Å². The van der Waals surface area contributed by atoms with Crippen molar-refractivity contribution in [2.24, 2.45) is 0 Å². The minimum Gasteiger partial charge on any atom is -0.381 e. The van der Waals surface area contributed by atoms with Crippen molar-refractivity contribution in [2.75, 3.05) is 5.73 Å². The fourth-order valence-corrected chi connectivity index (χ4v) is 4.18. The van der Waals surface area contributed by atoms with Crippen molar-refractivity contribution in [2.45, 2.75) is 13.0 Å². The number of amides is 1. The molecule has 5 aromatic rings. The van der Waals surface area contributed by atoms with E-state index in [9.17, 15) is 9.59 Å². The molecule has 3 aromatic heterocycles. The Morgan fingerprint density at radius 1 is 1.09 bits per heavy atom. The highest BCUT2D eigenvalue weighted by Gasteiger charge is 2.23. The molecule has 3 heterocycles. The summed E-state index contributed by atoms with van der Waals surface area (Å²) in [5.41, 5.74) is 7.55. The van der Waals surface area contributed by atoms with Crippen LogP contribution in [0.4, 0.5) is 5.82 Å². The topological polar surface area (TPSA) is 107 Å². The highest BCUT2D eigenvalue weighted by atomic mass is 35.5. The molecule has 0 saturated carbocycles. The van der Waals surface area contributed by atoms with Gasteiger partial charge in [-0.05, 0) is 43.3 Å². The van der Waals surface area contributed by atoms with Crippen LogP contribution in [0.25, 0.3) is 22.1 Å². The first kappa shape index (κ1) is 20.7. The second kappa shape index (κ2) is 8.07. The van der Waals surface area contributed by atoms with E-state index in [0.717, 1.165) is 0 Å². The van der Waals surface area contributed by atoms with Crippen molar-refractivity contribution in [1.82, 2.24) is 24.5 Å². The van der Waals surface area contributed by atoms with Crippen LogP contribution in [0.5, 0.6) is 0 Å². The molecular formula is C24H19ClN6O2. The van der Waals surface area contributed by atoms with Gasteiger partial charge in [-0.1, -0.05) is 35.9 Å². The van der Waals surface area contributed by atoms with Crippen molar-refractivity contribution in [3.05, 3.63) is 99.7 Å². The lowest BCUT2D eigenvalue weighted by Gasteiger charge is -2.21. The molecule has 0 aliphatic rings. The first-order valence-corrected chi connectivity index (χ1v) is 10.6. The second-order valence-electron chi connectivity index (χ2n) is 7.59. The minimum atomic E-state index is -0.566. The molecule has 0 aliphatic heterocycles. The van der Waals surface area contributed by atoms with Gasteiger partial charge in [0.25, 0.3) is 11.5 Å². The Hall–Kier alpha value is -4.17. The molecular weight excluding hydrogens is 440 g/mol. The number of rotatable bonds is 4. The van der Waals surface area contributed by atoms with E-state index >= 15 is 0 Å². The number of hydrogen-bond acceptors (Lipinski definition) is 5. The van der Waals surface area contributed by atoms with Crippen LogP contribution in [0, 0.1) is 0 Å². The molecule has 1 amide bonds. The highest BCUT2D eigenvalue weighted by molar-refractivity contribution is 6.35. The summed E-state index contributed by atoms with van der Waals surface area (Å²) in [5, 5.41) is 8.65. The summed E-state index contributed by atoms with van der Waals surface area (Å²) in [5.74, 6) is -0.375. The number of nitrogens with one attached hydrogen (secondary N) is 1. The number of para-hydroxylation sites is 1. The largest absolute Gasteiger partial charge is 0.381 e. The van der Waals surface area contributed by atoms with Crippen LogP contribution in [0.1, 0.15) is 29.0 Å². The van der Waals surface area contributed by atoms with E-state index in [1.807, 2.05) is 36.4 Å². The molecule has 0 unspecified atom stereocenters. The fraction of sp³-hybridized carbons (Fsp3) is 0.0833. The number of benzene rings is 2. The monoisotopic (exact) mass is 458 g/mol. The quantitative estimate of drug-likeness (QED) is 0.426. The first-order chi connectivity index (χ1) is 16.0. The van der Waals surface area contributed by atoms with Gasteiger partial charge < -0.3 is 11.1 Å². The molecule has 0 radical (unpaired) electrons. The molecule has 8 nitrogen and oxygen atoms in total. The lowest BCUT2D eigenvalue weighted by molar-refractivity contribution is 0.0941. The number of aromatic nitrogens is 4. The molecule has 0 spiro atoms. The lowest BCUT2D eigenvalue weighted by Crippen LogP contribution is -2.32. The maximum absolute atomic E-state index is 13.5. The molecule has 33 heavy (non-hydrogen) atoms. The van der Waals surface area contributed by atoms with Gasteiger partial charge in [0.1, 0.15) is 5.56 Å². The Morgan fingerprint density at radius 2 is 1.88 bits per heavy atom. The Kier molecular flexibility index (Phi) is 5.07. The van der Waals surface area contributed by atoms with Crippen LogP contribution in [0.15, 0.2) is 77.9 Å². The summed E-state index contributed by atoms with van der Waals surface area (Å²) < 4.78 is 3.03. The van der Waals surface area contributed by atoms with E-state index in [1.54, 1.807) is 48.1 Å². The third-order valence-electron chi connectivity index (χ3n) is 5.49. The number of pyridine rings is 1. The number of nitrogens with zero attached hydrogens (tertiary/aromatic N) is 4. The number of hydrogen-bond donors (Lipinski definition) is 2. The lowest BCUT2D eigenvalue weighted by atomic mass is 10.1. The number of nitrogen functional groups attached to an aromatic ring is 1. The first-order valence-electron chi connectivity index (χ1n) is 10.2. The smallest absolute Gasteiger partial charge is 0.263 e. The predicted octanol–water partition coefficient (Wildman–Crippen LogP) is 3.76. The van der Waals surface area contributed by atoms with Crippen LogP contribution in [0.2, 0.25) is 5.02 Å². The van der Waals surface area contributed by atoms with E-state index in [4.69, 9.17) is 17.3 Å². The summed E-state index contributed by atoms with van der Waals surface area (Å²) in [6, 6.07) is 17.4. The minimum absolute atomic E-state index is 0.0698. The van der Waals surface area contributed by atoms with Crippen LogP contribution in [-0.2, 0) is 0 Å². The summed E-state index contributed by atoms with van der Waals surface area (Å²) in [7, 11) is 0. The van der Waals surface area contributed by atoms with Gasteiger partial charge in [-0.15, -0.1) is 5.10 Å². The Bertz CT molecular complexity index is 1580. The Balaban J connectivity index is 1.64. The van der Waals surface area contributed by atoms with Crippen LogP contribution >= 0.6 is 11.6 Å². The van der Waals surface area contributed by atoms with Crippen LogP contribution in [-0.4, -0.2) is 25.1 Å². The average Bonchev–Trinajstić information content (AvgIpc) is 3.15. The number of carbonyl (C=O) groups is 1. The molecule has 0 aliphatic carbocycles. The van der Waals surface area contributed by atoms with Crippen molar-refractivity contribution in [3.8, 4) is 5.69 Å². The SMILES string of the molecule is C[C@H](NC(=O)c1c(N)nn2cccnc12)c1cc2c(Cl)cccc2c(=O)n1-c1ccccc1. The van der Waals surface area contributed by atoms with Gasteiger partial charge >= 0.3 is 0 Å². The van der Waals surface area contributed by atoms with Crippen molar-refractivity contribution >= 4 is 39.7 Å². The van der Waals surface area contributed by atoms with E-state index in [1.165, 1.54) is 4.52 Å². The van der Waals surface area contributed by atoms with Gasteiger partial charge in [0, 0.05) is 39.6 Å². The summed E-state index contributed by atoms with van der Waals surface area (Å²) >= 11 is 6.41. The molecule has 5 rings (SSSR count). The molecule has 0 fully saturated rings. The number of fused-ring (bicyclic) bond motifs is 2. The standard InChI is InChI=1S/C24H19ClN6O2/c1-14(28-23(32)20-21(26)29-30-12-6-11-27-22(20)30)19-13-17-16(9-5-10-18(17)25)24(33)31(19)15-7-3-2-4-8-15/h2-14H,1H3,(H2,26,29)(H,28,32)/t14-/m0/s1. The van der Waals surface area contributed by atoms with Crippen molar-refractivity contribution < 1.29 is 4.79 Å². The number of nitrogens with two attached hydrogens (primary N) is 1. The Labute approximate surface area is 193 Å². The van der Waals surface area contributed by atoms with E-state index in [2.05, 4.69) is 15.4 Å². The summed E-state index contributed by atoms with van der Waals surface area (Å²) in [4.78, 5) is 30.9. The average molecular weight is 459 g/mol. The fourth-order valence-electron chi connectivity index (χ4n) is 3.95. The van der Waals surface area contributed by atoms with Gasteiger partial charge in [-0.25, -0.2) is 9.50 Å². The summed E-state index contributed by atoms with van der Waals surface area (Å²) in [6.45, 7) is 1.80. The highest BCUT2D eigenvalue weighted by Crippen LogP contribution is 2.27. The maximum atomic E-state index is 13.5. The number of carbonyl (C=O) groups excluding carboxylic acids is 1.